The number of carboxylic acids is 1. The Bertz CT molecular complexity index is 1100. The highest BCUT2D eigenvalue weighted by atomic mass is 16.5. The van der Waals surface area contributed by atoms with Gasteiger partial charge in [0.05, 0.1) is 22.7 Å². The second-order valence-electron chi connectivity index (χ2n) is 6.64. The van der Waals surface area contributed by atoms with Crippen LogP contribution in [0.2, 0.25) is 0 Å². The fraction of sp³-hybridized carbons (Fsp3) is 0.273. The fourth-order valence-electron chi connectivity index (χ4n) is 3.21. The van der Waals surface area contributed by atoms with Crippen LogP contribution in [0.5, 0.6) is 5.75 Å². The lowest BCUT2D eigenvalue weighted by Crippen LogP contribution is -2.28. The zero-order valence-electron chi connectivity index (χ0n) is 17.1. The summed E-state index contributed by atoms with van der Waals surface area (Å²) < 4.78 is 7.15. The number of carboxylic acid groups (broad SMARTS) is 1. The van der Waals surface area contributed by atoms with Crippen LogP contribution in [-0.2, 0) is 11.3 Å². The summed E-state index contributed by atoms with van der Waals surface area (Å²) in [7, 11) is 0. The molecule has 1 N–H and O–H groups in total. The van der Waals surface area contributed by atoms with Gasteiger partial charge < -0.3 is 19.2 Å². The van der Waals surface area contributed by atoms with Crippen molar-refractivity contribution in [3.8, 4) is 5.75 Å². The van der Waals surface area contributed by atoms with Gasteiger partial charge in [-0.2, -0.15) is 5.10 Å². The molecule has 156 valence electrons. The number of aryl methyl sites for hydroxylation is 2. The van der Waals surface area contributed by atoms with E-state index < -0.39 is 12.6 Å². The van der Waals surface area contributed by atoms with E-state index in [0.717, 1.165) is 29.0 Å². The van der Waals surface area contributed by atoms with Crippen LogP contribution in [-0.4, -0.2) is 33.7 Å². The van der Waals surface area contributed by atoms with Crippen LogP contribution in [0.3, 0.4) is 0 Å². The number of aliphatic carboxylic acids is 1. The first-order valence-corrected chi connectivity index (χ1v) is 9.69. The number of carbonyl (C=O) groups excluding carboxylic acids is 2. The number of hydrogen-bond acceptors (Lipinski definition) is 6. The second-order valence-corrected chi connectivity index (χ2v) is 6.64. The number of nitrogens with zero attached hydrogens (tertiary/aromatic N) is 3. The molecule has 3 rings (SSSR count). The van der Waals surface area contributed by atoms with Crippen molar-refractivity contribution in [3.05, 3.63) is 59.4 Å². The second kappa shape index (κ2) is 9.21. The first-order valence-electron chi connectivity index (χ1n) is 9.69. The number of carbonyl (C=O) groups is 2. The molecule has 1 amide bonds. The van der Waals surface area contributed by atoms with Crippen LogP contribution in [0, 0.1) is 6.92 Å². The lowest BCUT2D eigenvalue weighted by molar-refractivity contribution is -0.307. The molecule has 1 aromatic heterocycles. The molecule has 0 unspecified atom stereocenters. The fourth-order valence-corrected chi connectivity index (χ4v) is 3.21. The Morgan fingerprint density at radius 2 is 1.83 bits per heavy atom. The van der Waals surface area contributed by atoms with Crippen LogP contribution < -0.4 is 15.3 Å². The minimum atomic E-state index is -1.28. The molecule has 0 spiro atoms. The number of amides is 1. The minimum absolute atomic E-state index is 0.319. The van der Waals surface area contributed by atoms with E-state index in [9.17, 15) is 14.7 Å². The Morgan fingerprint density at radius 3 is 2.47 bits per heavy atom. The summed E-state index contributed by atoms with van der Waals surface area (Å²) in [5.41, 5.74) is 6.32. The number of fused-ring (bicyclic) bond motifs is 1. The molecule has 0 radical (unpaired) electrons. The van der Waals surface area contributed by atoms with Gasteiger partial charge in [0.2, 0.25) is 0 Å². The van der Waals surface area contributed by atoms with Gasteiger partial charge in [-0.1, -0.05) is 6.92 Å². The molecule has 2 aromatic carbocycles. The number of rotatable bonds is 8. The quantitative estimate of drug-likeness (QED) is 0.454. The Kier molecular flexibility index (Phi) is 6.46. The largest absolute Gasteiger partial charge is 0.546 e. The maximum atomic E-state index is 12.6. The Balaban J connectivity index is 1.73. The van der Waals surface area contributed by atoms with Crippen molar-refractivity contribution < 1.29 is 19.4 Å². The summed E-state index contributed by atoms with van der Waals surface area (Å²) in [6, 6.07) is 12.2. The van der Waals surface area contributed by atoms with Crippen molar-refractivity contribution in [1.29, 1.82) is 0 Å². The predicted octanol–water partition coefficient (Wildman–Crippen LogP) is 2.04. The van der Waals surface area contributed by atoms with Crippen LogP contribution in [0.1, 0.15) is 42.0 Å². The number of ether oxygens (including phenoxy) is 1. The predicted molar refractivity (Wildman–Crippen MR) is 111 cm³/mol. The van der Waals surface area contributed by atoms with Crippen molar-refractivity contribution in [1.82, 2.24) is 15.0 Å². The van der Waals surface area contributed by atoms with Crippen molar-refractivity contribution in [2.24, 2.45) is 5.10 Å². The third kappa shape index (κ3) is 4.65. The number of benzene rings is 2. The van der Waals surface area contributed by atoms with Crippen molar-refractivity contribution in [2.75, 3.05) is 6.61 Å². The van der Waals surface area contributed by atoms with E-state index in [2.05, 4.69) is 27.0 Å². The lowest BCUT2D eigenvalue weighted by atomic mass is 10.1. The Morgan fingerprint density at radius 1 is 1.13 bits per heavy atom. The average Bonchev–Trinajstić information content (AvgIpc) is 3.07. The van der Waals surface area contributed by atoms with Gasteiger partial charge in [-0.25, -0.2) is 10.4 Å². The molecule has 3 aromatic rings. The van der Waals surface area contributed by atoms with Crippen molar-refractivity contribution in [2.45, 2.75) is 33.7 Å². The Labute approximate surface area is 174 Å². The molecule has 0 bridgehead atoms. The van der Waals surface area contributed by atoms with E-state index in [1.165, 1.54) is 0 Å². The summed E-state index contributed by atoms with van der Waals surface area (Å²) in [5.74, 6) is -0.284. The molecule has 0 fully saturated rings. The summed E-state index contributed by atoms with van der Waals surface area (Å²) in [5, 5.41) is 14.7. The van der Waals surface area contributed by atoms with E-state index in [0.29, 0.717) is 23.4 Å². The highest BCUT2D eigenvalue weighted by Gasteiger charge is 2.11. The standard InChI is InChI=1S/C22H24N4O4/c1-4-18(15-6-9-17(10-7-15)30-13-21(27)28)24-25-22(29)16-8-11-20-19(12-16)23-14(3)26(20)5-2/h6-12H,4-5,13H2,1-3H3,(H,25,29)(H,27,28)/p-1/b24-18-. The maximum absolute atomic E-state index is 12.6. The first-order chi connectivity index (χ1) is 14.4. The van der Waals surface area contributed by atoms with Gasteiger partial charge in [-0.05, 0) is 68.3 Å². The van der Waals surface area contributed by atoms with Gasteiger partial charge in [0.25, 0.3) is 5.91 Å². The number of aromatic nitrogens is 2. The number of nitrogens with one attached hydrogen (secondary N) is 1. The van der Waals surface area contributed by atoms with Crippen molar-refractivity contribution >= 4 is 28.6 Å². The molecule has 0 aliphatic heterocycles. The number of hydrogen-bond donors (Lipinski definition) is 1. The first kappa shape index (κ1) is 21.0. The lowest BCUT2D eigenvalue weighted by Gasteiger charge is -2.09. The van der Waals surface area contributed by atoms with Gasteiger partial charge in [-0.15, -0.1) is 0 Å². The summed E-state index contributed by atoms with van der Waals surface area (Å²) >= 11 is 0. The van der Waals surface area contributed by atoms with Crippen LogP contribution >= 0.6 is 0 Å². The van der Waals surface area contributed by atoms with E-state index >= 15 is 0 Å². The SMILES string of the molecule is CC/C(=N/NC(=O)c1ccc2c(c1)nc(C)n2CC)c1ccc(OCC(=O)[O-])cc1. The van der Waals surface area contributed by atoms with E-state index in [1.54, 1.807) is 36.4 Å². The third-order valence-electron chi connectivity index (χ3n) is 4.69. The van der Waals surface area contributed by atoms with Gasteiger partial charge in [0, 0.05) is 12.1 Å². The van der Waals surface area contributed by atoms with Crippen molar-refractivity contribution in [3.63, 3.8) is 0 Å². The topological polar surface area (TPSA) is 109 Å². The zero-order chi connectivity index (χ0) is 21.7. The van der Waals surface area contributed by atoms with Crippen LogP contribution in [0.25, 0.3) is 11.0 Å². The zero-order valence-corrected chi connectivity index (χ0v) is 17.1. The third-order valence-corrected chi connectivity index (χ3v) is 4.69. The highest BCUT2D eigenvalue weighted by molar-refractivity contribution is 6.02. The highest BCUT2D eigenvalue weighted by Crippen LogP contribution is 2.18. The average molecular weight is 407 g/mol. The smallest absolute Gasteiger partial charge is 0.271 e. The molecule has 30 heavy (non-hydrogen) atoms. The summed E-state index contributed by atoms with van der Waals surface area (Å²) in [4.78, 5) is 27.6. The van der Waals surface area contributed by atoms with Gasteiger partial charge in [0.1, 0.15) is 18.2 Å². The molecule has 1 heterocycles. The molecule has 0 saturated carbocycles. The van der Waals surface area contributed by atoms with E-state index in [1.807, 2.05) is 19.9 Å². The van der Waals surface area contributed by atoms with Crippen LogP contribution in [0.4, 0.5) is 0 Å². The Hall–Kier alpha value is -3.68. The van der Waals surface area contributed by atoms with Gasteiger partial charge in [-0.3, -0.25) is 4.79 Å². The van der Waals surface area contributed by atoms with Gasteiger partial charge >= 0.3 is 0 Å². The van der Waals surface area contributed by atoms with E-state index in [-0.39, 0.29) is 5.91 Å². The van der Waals surface area contributed by atoms with Gasteiger partial charge in [0.15, 0.2) is 0 Å². The number of hydrazone groups is 1. The molecule has 8 nitrogen and oxygen atoms in total. The monoisotopic (exact) mass is 407 g/mol. The molecule has 8 heteroatoms. The molecule has 0 saturated heterocycles. The number of imidazole rings is 1. The molecule has 0 atom stereocenters. The molecular formula is C22H23N4O4-. The summed E-state index contributed by atoms with van der Waals surface area (Å²) in [6.07, 6.45) is 0.596. The van der Waals surface area contributed by atoms with E-state index in [4.69, 9.17) is 4.74 Å². The molecular weight excluding hydrogens is 384 g/mol. The molecule has 0 aliphatic rings. The maximum Gasteiger partial charge on any atom is 0.271 e. The van der Waals surface area contributed by atoms with Crippen LogP contribution in [0.15, 0.2) is 47.6 Å². The molecule has 0 aliphatic carbocycles. The normalized spacial score (nSPS) is 11.5. The minimum Gasteiger partial charge on any atom is -0.546 e. The summed E-state index contributed by atoms with van der Waals surface area (Å²) in [6.45, 7) is 6.23.